The summed E-state index contributed by atoms with van der Waals surface area (Å²) in [5, 5.41) is 0. The van der Waals surface area contributed by atoms with E-state index in [9.17, 15) is 4.89 Å². The molecule has 0 N–H and O–H groups in total. The quantitative estimate of drug-likeness (QED) is 0.0707. The van der Waals surface area contributed by atoms with E-state index < -0.39 is 5.69 Å². The molecule has 0 saturated carbocycles. The van der Waals surface area contributed by atoms with Crippen LogP contribution in [-0.4, -0.2) is 12.4 Å². The van der Waals surface area contributed by atoms with Crippen molar-refractivity contribution in [1.29, 1.82) is 0 Å². The number of hydrogen-bond acceptors (Lipinski definition) is 4. The van der Waals surface area contributed by atoms with Gasteiger partial charge in [0.05, 0.1) is 6.61 Å². The maximum atomic E-state index is 12.3. The fraction of sp³-hybridized carbons (Fsp3) is 1.00. The van der Waals surface area contributed by atoms with Crippen molar-refractivity contribution in [2.75, 3.05) is 12.4 Å². The standard InChI is InChI=1S/C24H51O2PS2.Zn/c1-3-5-7-9-11-13-15-17-19-21-23-26-27(25,28)29-24-22-20-18-16-14-12-10-8-6-4-2;/h3-24H2,1-2H3,(H,25,28);/p-1. The van der Waals surface area contributed by atoms with Crippen molar-refractivity contribution in [3.8, 4) is 0 Å². The Morgan fingerprint density at radius 2 is 0.933 bits per heavy atom. The van der Waals surface area contributed by atoms with Crippen molar-refractivity contribution in [1.82, 2.24) is 0 Å². The Kier molecular flexibility index (Phi) is 30.1. The van der Waals surface area contributed by atoms with Gasteiger partial charge in [-0.2, -0.15) is 0 Å². The summed E-state index contributed by atoms with van der Waals surface area (Å²) in [6.07, 6.45) is 26.3. The minimum atomic E-state index is -2.85. The molecule has 0 aromatic rings. The second-order valence-corrected chi connectivity index (χ2v) is 14.6. The third kappa shape index (κ3) is 27.6. The molecule has 0 aliphatic carbocycles. The fourth-order valence-corrected chi connectivity index (χ4v) is 6.95. The van der Waals surface area contributed by atoms with Gasteiger partial charge >= 0.3 is 0 Å². The van der Waals surface area contributed by atoms with E-state index in [1.165, 1.54) is 127 Å². The minimum Gasteiger partial charge on any atom is -0.793 e. The first kappa shape index (κ1) is 33.7. The molecule has 0 aromatic heterocycles. The molecule has 0 aromatic carbocycles. The van der Waals surface area contributed by atoms with Gasteiger partial charge in [-0.1, -0.05) is 141 Å². The van der Waals surface area contributed by atoms with E-state index in [4.69, 9.17) is 16.3 Å². The predicted octanol–water partition coefficient (Wildman–Crippen LogP) is 9.16. The molecule has 0 heterocycles. The molecule has 0 radical (unpaired) electrons. The minimum absolute atomic E-state index is 0. The van der Waals surface area contributed by atoms with Crippen LogP contribution >= 0.6 is 17.1 Å². The van der Waals surface area contributed by atoms with Crippen molar-refractivity contribution in [3.05, 3.63) is 0 Å². The van der Waals surface area contributed by atoms with Gasteiger partial charge in [-0.05, 0) is 18.6 Å². The van der Waals surface area contributed by atoms with Crippen LogP contribution in [0.1, 0.15) is 142 Å². The molecule has 2 nitrogen and oxygen atoms in total. The normalized spacial score (nSPS) is 13.2. The average Bonchev–Trinajstić information content (AvgIpc) is 2.70. The molecule has 0 aliphatic heterocycles. The first-order valence-electron chi connectivity index (χ1n) is 12.7. The Bertz CT molecular complexity index is 343. The molecule has 0 spiro atoms. The van der Waals surface area contributed by atoms with Crippen molar-refractivity contribution in [3.63, 3.8) is 0 Å². The maximum absolute atomic E-state index is 12.3. The van der Waals surface area contributed by atoms with E-state index in [0.29, 0.717) is 6.61 Å². The van der Waals surface area contributed by atoms with Crippen LogP contribution in [0.3, 0.4) is 0 Å². The molecule has 30 heavy (non-hydrogen) atoms. The van der Waals surface area contributed by atoms with Gasteiger partial charge in [-0.15, -0.1) is 11.4 Å². The number of unbranched alkanes of at least 4 members (excludes halogenated alkanes) is 18. The van der Waals surface area contributed by atoms with E-state index in [-0.39, 0.29) is 19.5 Å². The van der Waals surface area contributed by atoms with Gasteiger partial charge in [0.25, 0.3) is 0 Å². The van der Waals surface area contributed by atoms with Crippen molar-refractivity contribution in [2.24, 2.45) is 0 Å². The molecule has 0 bridgehead atoms. The maximum Gasteiger partial charge on any atom is 0.0513 e. The van der Waals surface area contributed by atoms with E-state index in [2.05, 4.69) is 13.8 Å². The zero-order valence-electron chi connectivity index (χ0n) is 20.3. The van der Waals surface area contributed by atoms with Gasteiger partial charge in [0.1, 0.15) is 0 Å². The summed E-state index contributed by atoms with van der Waals surface area (Å²) in [6, 6.07) is 0. The summed E-state index contributed by atoms with van der Waals surface area (Å²) < 4.78 is 5.53. The largest absolute Gasteiger partial charge is 0.793 e. The topological polar surface area (TPSA) is 32.3 Å². The SMILES string of the molecule is CCCCCCCCCCCCOP([O-])(=S)SCCCCCCCCCCCC.[Zn]. The molecule has 178 valence electrons. The third-order valence-corrected chi connectivity index (χ3v) is 9.86. The molecule has 0 fully saturated rings. The van der Waals surface area contributed by atoms with Crippen molar-refractivity contribution < 1.29 is 28.9 Å². The number of hydrogen-bond donors (Lipinski definition) is 0. The monoisotopic (exact) mass is 529 g/mol. The van der Waals surface area contributed by atoms with Crippen LogP contribution in [0.2, 0.25) is 0 Å². The summed E-state index contributed by atoms with van der Waals surface area (Å²) in [4.78, 5) is 12.3. The summed E-state index contributed by atoms with van der Waals surface area (Å²) in [5.74, 6) is 0.884. The summed E-state index contributed by atoms with van der Waals surface area (Å²) >= 11 is 6.57. The summed E-state index contributed by atoms with van der Waals surface area (Å²) in [6.45, 7) is 5.10. The molecule has 0 rings (SSSR count). The van der Waals surface area contributed by atoms with Crippen molar-refractivity contribution >= 4 is 28.9 Å². The van der Waals surface area contributed by atoms with Crippen molar-refractivity contribution in [2.45, 2.75) is 142 Å². The molecule has 1 unspecified atom stereocenters. The van der Waals surface area contributed by atoms with Crippen LogP contribution in [0.15, 0.2) is 0 Å². The molecule has 0 saturated heterocycles. The first-order valence-corrected chi connectivity index (χ1v) is 17.0. The fourth-order valence-electron chi connectivity index (χ4n) is 3.57. The Morgan fingerprint density at radius 3 is 1.33 bits per heavy atom. The predicted molar refractivity (Wildman–Crippen MR) is 136 cm³/mol. The first-order chi connectivity index (χ1) is 14.1. The van der Waals surface area contributed by atoms with E-state index in [0.717, 1.165) is 18.6 Å². The molecular formula is C24H50O2PS2Zn-. The van der Waals surface area contributed by atoms with Crippen LogP contribution in [-0.2, 0) is 35.8 Å². The van der Waals surface area contributed by atoms with Gasteiger partial charge in [-0.3, -0.25) is 0 Å². The Hall–Kier alpha value is 1.54. The van der Waals surface area contributed by atoms with E-state index >= 15 is 0 Å². The van der Waals surface area contributed by atoms with Crippen LogP contribution in [0.25, 0.3) is 0 Å². The average molecular weight is 531 g/mol. The Balaban J connectivity index is 0. The van der Waals surface area contributed by atoms with Crippen LogP contribution in [0.5, 0.6) is 0 Å². The third-order valence-electron chi connectivity index (χ3n) is 5.49. The molecule has 6 heteroatoms. The summed E-state index contributed by atoms with van der Waals surface area (Å²) in [5.41, 5.74) is -2.85. The second kappa shape index (κ2) is 26.8. The van der Waals surface area contributed by atoms with Gasteiger partial charge in [0.2, 0.25) is 0 Å². The molecule has 1 atom stereocenters. The molecule has 0 aliphatic rings. The van der Waals surface area contributed by atoms with E-state index in [1.54, 1.807) is 0 Å². The van der Waals surface area contributed by atoms with Gasteiger partial charge < -0.3 is 9.42 Å². The summed E-state index contributed by atoms with van der Waals surface area (Å²) in [7, 11) is 0. The molecule has 0 amide bonds. The zero-order chi connectivity index (χ0) is 21.5. The molecular weight excluding hydrogens is 481 g/mol. The van der Waals surface area contributed by atoms with Crippen LogP contribution in [0, 0.1) is 0 Å². The van der Waals surface area contributed by atoms with Crippen LogP contribution in [0.4, 0.5) is 0 Å². The number of rotatable bonds is 24. The Labute approximate surface area is 211 Å². The van der Waals surface area contributed by atoms with Crippen LogP contribution < -0.4 is 4.89 Å². The smallest absolute Gasteiger partial charge is 0.0513 e. The second-order valence-electron chi connectivity index (χ2n) is 8.48. The zero-order valence-corrected chi connectivity index (χ0v) is 25.8. The van der Waals surface area contributed by atoms with Gasteiger partial charge in [0.15, 0.2) is 0 Å². The Morgan fingerprint density at radius 1 is 0.600 bits per heavy atom. The van der Waals surface area contributed by atoms with E-state index in [1.807, 2.05) is 0 Å². The van der Waals surface area contributed by atoms with Gasteiger partial charge in [0, 0.05) is 25.2 Å². The van der Waals surface area contributed by atoms with Gasteiger partial charge in [-0.25, -0.2) is 0 Å².